The van der Waals surface area contributed by atoms with Crippen molar-refractivity contribution in [2.45, 2.75) is 53.4 Å². The second kappa shape index (κ2) is 27.0. The molecule has 0 radical (unpaired) electrons. The molecule has 41 heavy (non-hydrogen) atoms. The van der Waals surface area contributed by atoms with Crippen molar-refractivity contribution < 1.29 is 101 Å². The summed E-state index contributed by atoms with van der Waals surface area (Å²) in [5.74, 6) is -12.4. The van der Waals surface area contributed by atoms with E-state index in [2.05, 4.69) is 0 Å². The van der Waals surface area contributed by atoms with E-state index < -0.39 is 70.0 Å². The molecule has 0 aromatic rings. The molecule has 4 N–H and O–H groups in total. The van der Waals surface area contributed by atoms with Crippen molar-refractivity contribution in [3.63, 3.8) is 0 Å². The molecule has 0 rings (SSSR count). The summed E-state index contributed by atoms with van der Waals surface area (Å²) in [4.78, 5) is 80.0. The Bertz CT molecular complexity index is 832. The fraction of sp³-hybridized carbons (Fsp3) is 0.333. The first kappa shape index (κ1) is 46.3. The number of aliphatic carboxylic acids is 8. The average Bonchev–Trinajstić information content (AvgIpc) is 2.82. The first-order chi connectivity index (χ1) is 18.4. The third-order valence-corrected chi connectivity index (χ3v) is 3.43. The van der Waals surface area contributed by atoms with Gasteiger partial charge in [-0.3, -0.25) is 0 Å². The van der Waals surface area contributed by atoms with Crippen LogP contribution in [0.1, 0.15) is 53.4 Å². The molecule has 0 aromatic carbocycles. The minimum Gasteiger partial charge on any atom is -0.545 e. The molecule has 0 aliphatic rings. The van der Waals surface area contributed by atoms with Crippen LogP contribution in [0.5, 0.6) is 0 Å². The molecule has 0 saturated carbocycles. The molecule has 0 aliphatic heterocycles. The van der Waals surface area contributed by atoms with E-state index in [0.29, 0.717) is 25.7 Å². The second-order valence-corrected chi connectivity index (χ2v) is 6.47. The van der Waals surface area contributed by atoms with E-state index in [4.69, 9.17) is 20.4 Å². The van der Waals surface area contributed by atoms with Crippen LogP contribution in [0.3, 0.4) is 0 Å². The Morgan fingerprint density at radius 2 is 0.537 bits per heavy atom. The zero-order chi connectivity index (χ0) is 32.6. The van der Waals surface area contributed by atoms with Gasteiger partial charge in [-0.15, -0.1) is 0 Å². The van der Waals surface area contributed by atoms with Crippen molar-refractivity contribution in [1.29, 1.82) is 0 Å². The van der Waals surface area contributed by atoms with Crippen LogP contribution in [0.4, 0.5) is 0 Å². The summed E-state index contributed by atoms with van der Waals surface area (Å²) in [6, 6.07) is 0. The summed E-state index contributed by atoms with van der Waals surface area (Å²) < 4.78 is 0. The smallest absolute Gasteiger partial charge is 0.545 e. The summed E-state index contributed by atoms with van der Waals surface area (Å²) in [5, 5.41) is 72.6. The van der Waals surface area contributed by atoms with Crippen LogP contribution in [0.25, 0.3) is 0 Å². The predicted octanol–water partition coefficient (Wildman–Crippen LogP) is -3.37. The van der Waals surface area contributed by atoms with Gasteiger partial charge in [0.2, 0.25) is 0 Å². The van der Waals surface area contributed by atoms with Crippen molar-refractivity contribution in [2.75, 3.05) is 0 Å². The van der Waals surface area contributed by atoms with Crippen molar-refractivity contribution in [2.24, 2.45) is 0 Å². The standard InChI is InChI=1S/4C6H8O4.Ti/c4*1-2-3-4(5(7)8)6(9)10;/h4*3H,2H2,1H3,(H,7,8)(H,9,10);/q;;;;+4/p-4. The van der Waals surface area contributed by atoms with E-state index in [1.807, 2.05) is 0 Å². The monoisotopic (exact) mass is 620 g/mol. The number of carbonyl (C=O) groups excluding carboxylic acids is 4. The first-order valence-electron chi connectivity index (χ1n) is 11.0. The van der Waals surface area contributed by atoms with Gasteiger partial charge in [0.05, 0.1) is 46.2 Å². The summed E-state index contributed by atoms with van der Waals surface area (Å²) in [5.41, 5.74) is -2.71. The fourth-order valence-electron chi connectivity index (χ4n) is 1.85. The van der Waals surface area contributed by atoms with E-state index >= 15 is 0 Å². The quantitative estimate of drug-likeness (QED) is 0.0716. The Kier molecular flexibility index (Phi) is 30.5. The van der Waals surface area contributed by atoms with Gasteiger partial charge in [-0.1, -0.05) is 52.0 Å². The maximum Gasteiger partial charge on any atom is 4.00 e. The predicted molar refractivity (Wildman–Crippen MR) is 124 cm³/mol. The molecule has 16 nitrogen and oxygen atoms in total. The summed E-state index contributed by atoms with van der Waals surface area (Å²) >= 11 is 0. The molecular weight excluding hydrogens is 592 g/mol. The number of carboxylic acids is 8. The molecule has 224 valence electrons. The van der Waals surface area contributed by atoms with Crippen LogP contribution in [0, 0.1) is 0 Å². The van der Waals surface area contributed by atoms with E-state index in [1.54, 1.807) is 27.7 Å². The Labute approximate surface area is 248 Å². The fourth-order valence-corrected chi connectivity index (χ4v) is 1.85. The van der Waals surface area contributed by atoms with Gasteiger partial charge in [0, 0.05) is 0 Å². The van der Waals surface area contributed by atoms with Crippen LogP contribution in [0.15, 0.2) is 46.6 Å². The van der Waals surface area contributed by atoms with Gasteiger partial charge in [-0.2, -0.15) is 0 Å². The number of hydrogen-bond acceptors (Lipinski definition) is 12. The molecule has 0 saturated heterocycles. The summed E-state index contributed by atoms with van der Waals surface area (Å²) in [6.45, 7) is 6.58. The van der Waals surface area contributed by atoms with E-state index in [0.717, 1.165) is 24.3 Å². The van der Waals surface area contributed by atoms with Gasteiger partial charge in [0.25, 0.3) is 0 Å². The van der Waals surface area contributed by atoms with E-state index in [-0.39, 0.29) is 21.7 Å². The Morgan fingerprint density at radius 3 is 0.561 bits per heavy atom. The van der Waals surface area contributed by atoms with Crippen molar-refractivity contribution in [1.82, 2.24) is 0 Å². The third kappa shape index (κ3) is 25.5. The average molecular weight is 620 g/mol. The molecule has 0 unspecified atom stereocenters. The topological polar surface area (TPSA) is 310 Å². The third-order valence-electron chi connectivity index (χ3n) is 3.43. The first-order valence-corrected chi connectivity index (χ1v) is 11.0. The number of allylic oxidation sites excluding steroid dienone is 4. The molecule has 0 aromatic heterocycles. The molecular formula is C24H28O16Ti. The van der Waals surface area contributed by atoms with Crippen molar-refractivity contribution in [3.8, 4) is 0 Å². The van der Waals surface area contributed by atoms with Crippen molar-refractivity contribution >= 4 is 47.8 Å². The maximum absolute atomic E-state index is 10.0. The Hall–Kier alpha value is -4.57. The summed E-state index contributed by atoms with van der Waals surface area (Å²) in [7, 11) is 0. The van der Waals surface area contributed by atoms with Gasteiger partial charge < -0.3 is 60.0 Å². The zero-order valence-electron chi connectivity index (χ0n) is 22.3. The summed E-state index contributed by atoms with van der Waals surface area (Å²) in [6.07, 6.45) is 5.86. The Balaban J connectivity index is -0.000000139. The number of carboxylic acid groups (broad SMARTS) is 8. The van der Waals surface area contributed by atoms with Crippen LogP contribution in [-0.2, 0) is 60.1 Å². The number of hydrogen-bond donors (Lipinski definition) is 4. The molecule has 0 heterocycles. The zero-order valence-corrected chi connectivity index (χ0v) is 23.9. The second-order valence-electron chi connectivity index (χ2n) is 6.47. The van der Waals surface area contributed by atoms with Crippen molar-refractivity contribution in [3.05, 3.63) is 46.6 Å². The number of carbonyl (C=O) groups is 8. The minimum atomic E-state index is -1.64. The molecule has 0 amide bonds. The molecule has 0 bridgehead atoms. The maximum atomic E-state index is 10.0. The molecule has 0 spiro atoms. The Morgan fingerprint density at radius 1 is 0.415 bits per heavy atom. The molecule has 0 atom stereocenters. The number of rotatable bonds is 12. The largest absolute Gasteiger partial charge is 4.00 e. The van der Waals surface area contributed by atoms with Crippen LogP contribution in [0.2, 0.25) is 0 Å². The van der Waals surface area contributed by atoms with Gasteiger partial charge >= 0.3 is 45.6 Å². The van der Waals surface area contributed by atoms with Gasteiger partial charge in [-0.25, -0.2) is 19.2 Å². The van der Waals surface area contributed by atoms with Gasteiger partial charge in [0.15, 0.2) is 0 Å². The van der Waals surface area contributed by atoms with E-state index in [9.17, 15) is 58.8 Å². The van der Waals surface area contributed by atoms with Gasteiger partial charge in [-0.05, 0) is 25.7 Å². The van der Waals surface area contributed by atoms with Crippen LogP contribution in [-0.4, -0.2) is 68.2 Å². The van der Waals surface area contributed by atoms with Crippen LogP contribution >= 0.6 is 0 Å². The van der Waals surface area contributed by atoms with Crippen LogP contribution < -0.4 is 20.4 Å². The minimum absolute atomic E-state index is 0. The molecule has 17 heteroatoms. The van der Waals surface area contributed by atoms with E-state index in [1.165, 1.54) is 0 Å². The molecule has 0 fully saturated rings. The molecule has 0 aliphatic carbocycles. The SMILES string of the molecule is CC/C=C(\C(=O)[O-])C(=O)O.CC/C=C(\C(=O)[O-])C(=O)O.CC/C=C(\C(=O)[O-])C(=O)O.CC/C=C(\C(=O)[O-])C(=O)O.[Ti+4]. The normalized spacial score (nSPS) is 10.8. The van der Waals surface area contributed by atoms with Gasteiger partial charge in [0.1, 0.15) is 0 Å².